The molecule has 7 heteroatoms. The number of carbonyl (C=O) groups is 1. The van der Waals surface area contributed by atoms with Crippen molar-refractivity contribution in [1.29, 1.82) is 0 Å². The number of amides is 1. The lowest BCUT2D eigenvalue weighted by molar-refractivity contribution is 0.102. The van der Waals surface area contributed by atoms with Crippen molar-refractivity contribution in [2.75, 3.05) is 23.3 Å². The van der Waals surface area contributed by atoms with E-state index in [0.717, 1.165) is 18.9 Å². The van der Waals surface area contributed by atoms with Crippen LogP contribution in [0.5, 0.6) is 0 Å². The Bertz CT molecular complexity index is 700. The van der Waals surface area contributed by atoms with E-state index in [-0.39, 0.29) is 11.6 Å². The minimum atomic E-state index is -0.355. The SMILES string of the molecule is O=C(Nc1ccc(Cl)cc1Cl)c1cnc(N2CCCCC2)cn1. The highest BCUT2D eigenvalue weighted by molar-refractivity contribution is 6.36. The first-order valence-electron chi connectivity index (χ1n) is 7.47. The normalized spacial score (nSPS) is 14.6. The van der Waals surface area contributed by atoms with Gasteiger partial charge in [0.1, 0.15) is 11.5 Å². The molecule has 1 aliphatic heterocycles. The minimum Gasteiger partial charge on any atom is -0.355 e. The zero-order chi connectivity index (χ0) is 16.2. The lowest BCUT2D eigenvalue weighted by Crippen LogP contribution is -2.30. The van der Waals surface area contributed by atoms with Crippen molar-refractivity contribution in [2.45, 2.75) is 19.3 Å². The molecule has 1 aliphatic rings. The number of carbonyl (C=O) groups excluding carboxylic acids is 1. The van der Waals surface area contributed by atoms with Crippen LogP contribution in [0.3, 0.4) is 0 Å². The lowest BCUT2D eigenvalue weighted by atomic mass is 10.1. The van der Waals surface area contributed by atoms with E-state index in [1.165, 1.54) is 25.5 Å². The van der Waals surface area contributed by atoms with E-state index >= 15 is 0 Å². The topological polar surface area (TPSA) is 58.1 Å². The van der Waals surface area contributed by atoms with Crippen molar-refractivity contribution >= 4 is 40.6 Å². The van der Waals surface area contributed by atoms with Crippen LogP contribution in [0, 0.1) is 0 Å². The summed E-state index contributed by atoms with van der Waals surface area (Å²) in [5.74, 6) is 0.456. The van der Waals surface area contributed by atoms with Gasteiger partial charge in [-0.25, -0.2) is 9.97 Å². The Morgan fingerprint density at radius 2 is 1.87 bits per heavy atom. The van der Waals surface area contributed by atoms with Crippen molar-refractivity contribution < 1.29 is 4.79 Å². The van der Waals surface area contributed by atoms with Crippen LogP contribution in [-0.2, 0) is 0 Å². The number of nitrogens with one attached hydrogen (secondary N) is 1. The van der Waals surface area contributed by atoms with Gasteiger partial charge in [-0.15, -0.1) is 0 Å². The van der Waals surface area contributed by atoms with Crippen molar-refractivity contribution in [1.82, 2.24) is 9.97 Å². The fourth-order valence-corrected chi connectivity index (χ4v) is 2.96. The molecule has 5 nitrogen and oxygen atoms in total. The number of anilines is 2. The van der Waals surface area contributed by atoms with Gasteiger partial charge in [0.15, 0.2) is 0 Å². The molecular formula is C16H16Cl2N4O. The van der Waals surface area contributed by atoms with Crippen LogP contribution in [0.25, 0.3) is 0 Å². The highest BCUT2D eigenvalue weighted by Crippen LogP contribution is 2.25. The van der Waals surface area contributed by atoms with Gasteiger partial charge in [-0.05, 0) is 37.5 Å². The summed E-state index contributed by atoms with van der Waals surface area (Å²) in [6.45, 7) is 1.97. The van der Waals surface area contributed by atoms with E-state index in [9.17, 15) is 4.79 Å². The van der Waals surface area contributed by atoms with E-state index in [0.29, 0.717) is 15.7 Å². The monoisotopic (exact) mass is 350 g/mol. The fraction of sp³-hybridized carbons (Fsp3) is 0.312. The second-order valence-electron chi connectivity index (χ2n) is 5.39. The number of halogens is 2. The Kier molecular flexibility index (Phi) is 4.98. The first kappa shape index (κ1) is 16.0. The number of hydrogen-bond donors (Lipinski definition) is 1. The summed E-state index contributed by atoms with van der Waals surface area (Å²) < 4.78 is 0. The predicted octanol–water partition coefficient (Wildman–Crippen LogP) is 4.03. The third-order valence-electron chi connectivity index (χ3n) is 3.73. The lowest BCUT2D eigenvalue weighted by Gasteiger charge is -2.27. The summed E-state index contributed by atoms with van der Waals surface area (Å²) in [6.07, 6.45) is 6.72. The smallest absolute Gasteiger partial charge is 0.275 e. The molecular weight excluding hydrogens is 335 g/mol. The standard InChI is InChI=1S/C16H16Cl2N4O/c17-11-4-5-13(12(18)8-11)21-16(23)14-9-20-15(10-19-14)22-6-2-1-3-7-22/h4-5,8-10H,1-3,6-7H2,(H,21,23). The van der Waals surface area contributed by atoms with E-state index in [1.54, 1.807) is 24.4 Å². The Balaban J connectivity index is 1.69. The summed E-state index contributed by atoms with van der Waals surface area (Å²) in [6, 6.07) is 4.89. The largest absolute Gasteiger partial charge is 0.355 e. The number of nitrogens with zero attached hydrogens (tertiary/aromatic N) is 3. The van der Waals surface area contributed by atoms with E-state index < -0.39 is 0 Å². The molecule has 2 aromatic rings. The number of hydrogen-bond acceptors (Lipinski definition) is 4. The van der Waals surface area contributed by atoms with Crippen LogP contribution in [0.2, 0.25) is 10.0 Å². The third-order valence-corrected chi connectivity index (χ3v) is 4.28. The van der Waals surface area contributed by atoms with Crippen LogP contribution in [0.4, 0.5) is 11.5 Å². The fourth-order valence-electron chi connectivity index (χ4n) is 2.50. The van der Waals surface area contributed by atoms with Gasteiger partial charge in [-0.1, -0.05) is 23.2 Å². The van der Waals surface area contributed by atoms with Crippen LogP contribution in [0.15, 0.2) is 30.6 Å². The van der Waals surface area contributed by atoms with Crippen LogP contribution in [0.1, 0.15) is 29.8 Å². The Labute approximate surface area is 144 Å². The maximum absolute atomic E-state index is 12.2. The van der Waals surface area contributed by atoms with Gasteiger partial charge < -0.3 is 10.2 Å². The average Bonchev–Trinajstić information content (AvgIpc) is 2.58. The van der Waals surface area contributed by atoms with Crippen molar-refractivity contribution in [2.24, 2.45) is 0 Å². The van der Waals surface area contributed by atoms with E-state index in [2.05, 4.69) is 20.2 Å². The molecule has 1 saturated heterocycles. The summed E-state index contributed by atoms with van der Waals surface area (Å²) in [5.41, 5.74) is 0.736. The number of piperidine rings is 1. The van der Waals surface area contributed by atoms with Gasteiger partial charge in [0.05, 0.1) is 23.1 Å². The molecule has 1 N–H and O–H groups in total. The molecule has 0 aliphatic carbocycles. The highest BCUT2D eigenvalue weighted by Gasteiger charge is 2.15. The summed E-state index contributed by atoms with van der Waals surface area (Å²) in [4.78, 5) is 23.0. The molecule has 0 unspecified atom stereocenters. The molecule has 0 spiro atoms. The van der Waals surface area contributed by atoms with Gasteiger partial charge in [0.2, 0.25) is 0 Å². The summed E-state index contributed by atoms with van der Waals surface area (Å²) in [5, 5.41) is 3.60. The Morgan fingerprint density at radius 3 is 2.52 bits per heavy atom. The maximum Gasteiger partial charge on any atom is 0.275 e. The molecule has 0 atom stereocenters. The summed E-state index contributed by atoms with van der Waals surface area (Å²) in [7, 11) is 0. The summed E-state index contributed by atoms with van der Waals surface area (Å²) >= 11 is 11.9. The second kappa shape index (κ2) is 7.15. The van der Waals surface area contributed by atoms with Gasteiger partial charge in [0.25, 0.3) is 5.91 Å². The molecule has 1 aromatic carbocycles. The van der Waals surface area contributed by atoms with E-state index in [1.807, 2.05) is 0 Å². The molecule has 23 heavy (non-hydrogen) atoms. The number of aromatic nitrogens is 2. The Hall–Kier alpha value is -1.85. The molecule has 1 amide bonds. The van der Waals surface area contributed by atoms with Gasteiger partial charge in [0, 0.05) is 18.1 Å². The van der Waals surface area contributed by atoms with Crippen molar-refractivity contribution in [3.63, 3.8) is 0 Å². The van der Waals surface area contributed by atoms with Gasteiger partial charge in [-0.3, -0.25) is 4.79 Å². The second-order valence-corrected chi connectivity index (χ2v) is 6.23. The van der Waals surface area contributed by atoms with E-state index in [4.69, 9.17) is 23.2 Å². The minimum absolute atomic E-state index is 0.247. The molecule has 0 bridgehead atoms. The van der Waals surface area contributed by atoms with Crippen molar-refractivity contribution in [3.05, 3.63) is 46.3 Å². The Morgan fingerprint density at radius 1 is 1.09 bits per heavy atom. The molecule has 3 rings (SSSR count). The first-order chi connectivity index (χ1) is 11.1. The van der Waals surface area contributed by atoms with Crippen LogP contribution < -0.4 is 10.2 Å². The molecule has 1 aromatic heterocycles. The molecule has 0 radical (unpaired) electrons. The molecule has 0 saturated carbocycles. The molecule has 2 heterocycles. The number of rotatable bonds is 3. The van der Waals surface area contributed by atoms with Crippen LogP contribution >= 0.6 is 23.2 Å². The maximum atomic E-state index is 12.2. The highest BCUT2D eigenvalue weighted by atomic mass is 35.5. The quantitative estimate of drug-likeness (QED) is 0.907. The van der Waals surface area contributed by atoms with Crippen molar-refractivity contribution in [3.8, 4) is 0 Å². The van der Waals surface area contributed by atoms with Crippen LogP contribution in [-0.4, -0.2) is 29.0 Å². The zero-order valence-corrected chi connectivity index (χ0v) is 13.9. The average molecular weight is 351 g/mol. The van der Waals surface area contributed by atoms with Gasteiger partial charge >= 0.3 is 0 Å². The molecule has 120 valence electrons. The predicted molar refractivity (Wildman–Crippen MR) is 92.5 cm³/mol. The molecule has 1 fully saturated rings. The van der Waals surface area contributed by atoms with Gasteiger partial charge in [-0.2, -0.15) is 0 Å². The zero-order valence-electron chi connectivity index (χ0n) is 12.4. The number of benzene rings is 1. The third kappa shape index (κ3) is 3.92. The first-order valence-corrected chi connectivity index (χ1v) is 8.22.